The Kier molecular flexibility index (Phi) is 110. The number of nitrogens with zero attached hydrogens (tertiary/aromatic N) is 9. The standard InChI is InChI=1S/C11H24N2O.C11H24N2.3C10H22N2O.C10H24N2.C10H21NO2.C10H21NO.C9H18N2O.C9H20N2O.C8H18N2O.C4H10/c1-6-13(7-2)9-11(14)12(5)8-10(3)4;1-11(2)10-12-6-9-13-7-4-3-5-8-13;1-10(2)9-11-3-4-12-5-7-13-8-6-12;1-8(2)6-11-9(13)7-12-10(3,4)5;1-5-12(6-2)8-10(13)11-7-9(3)4;1-5-12(6-2)8-7-11-9-10(3)4;1-8(2)6-11-9(12)7-13-10(3,4)5;1-8(2)7-11-9(12)6-10(3,4)5;1-8(2)6-10-9(12)7-11-4-3-5-11;1-5-11(4)7-9(12)10-6-8(2)3;1-7(2)5-9-8(11)6-10(3)4;1-4(2)3/h10H,6-9H2,1-5H3;11-12H,3-10H2,1-2H3;10-11H,3-9H2,1-2H3;8,12H,6-7H2,1-5H3,(H,11,13);9H,5-8H2,1-4H3,(H,11,13);10-11H,5-9H2,1-4H3;8H,6-7H2,1-5H3,(H,11,12);8H,6-7H2,1-5H3,(H,11,12);8H,3-7H2,1-2H3,(H,10,12);8H,5-7H2,1-4H3,(H,10,12);7H,5-6H2,1-4H3,(H,9,11);4H,1-3H3. The summed E-state index contributed by atoms with van der Waals surface area (Å²) in [5.74, 6) is 8.29. The number of hydrogen-bond acceptors (Lipinski definition) is 22. The lowest BCUT2D eigenvalue weighted by atomic mass is 9.92. The second-order valence-electron chi connectivity index (χ2n) is 46.8. The molecule has 142 heavy (non-hydrogen) atoms. The van der Waals surface area contributed by atoms with Crippen LogP contribution in [0.2, 0.25) is 0 Å². The molecule has 3 aliphatic heterocycles. The SMILES string of the molecule is CC(C)C.CC(C)CNC(=O)CC(C)(C)C.CC(C)CNC(=O)CN(C)C.CC(C)CNC(=O)CN1CCC1.CC(C)CNC(=O)CNC(C)(C)C.CC(C)CNC(=O)COC(C)(C)C.CC(C)CNCCN1CCCCC1.CC(C)CNCCN1CCOCC1.CCN(C)CC(=O)NCC(C)C.CCN(CC)CC(=O)N(C)CC(C)C.CCN(CC)CC(=O)NCC(C)C.CCN(CC)CCNCC(C)C. The molecule has 3 rings (SSSR count). The predicted octanol–water partition coefficient (Wildman–Crippen LogP) is 14.5. The van der Waals surface area contributed by atoms with Gasteiger partial charge in [0, 0.05) is 124 Å². The number of piperidine rings is 1. The Labute approximate surface area is 880 Å². The fourth-order valence-corrected chi connectivity index (χ4v) is 11.6. The molecule has 3 heterocycles. The lowest BCUT2D eigenvalue weighted by Crippen LogP contribution is -2.44. The number of likely N-dealkylation sites (tertiary alicyclic amines) is 2. The van der Waals surface area contributed by atoms with E-state index in [0.717, 1.165) is 187 Å². The number of amides is 8. The van der Waals surface area contributed by atoms with Crippen LogP contribution in [-0.2, 0) is 47.8 Å². The van der Waals surface area contributed by atoms with E-state index in [1.807, 2.05) is 91.4 Å². The maximum atomic E-state index is 11.7. The number of likely N-dealkylation sites (N-methyl/N-ethyl adjacent to an activating group) is 6. The highest BCUT2D eigenvalue weighted by atomic mass is 16.5. The molecule has 0 radical (unpaired) electrons. The van der Waals surface area contributed by atoms with E-state index in [2.05, 4.69) is 323 Å². The maximum Gasteiger partial charge on any atom is 0.246 e. The number of ether oxygens (including phenoxy) is 2. The fourth-order valence-electron chi connectivity index (χ4n) is 11.6. The highest BCUT2D eigenvalue weighted by Gasteiger charge is 2.21. The van der Waals surface area contributed by atoms with Gasteiger partial charge in [0.05, 0.1) is 58.1 Å². The molecule has 854 valence electrons. The minimum atomic E-state index is -0.241. The van der Waals surface area contributed by atoms with Crippen LogP contribution in [-0.4, -0.2) is 386 Å². The van der Waals surface area contributed by atoms with Crippen molar-refractivity contribution in [1.82, 2.24) is 103 Å². The highest BCUT2D eigenvalue weighted by Crippen LogP contribution is 2.18. The molecule has 0 bridgehead atoms. The number of rotatable bonds is 53. The monoisotopic (exact) mass is 2030 g/mol. The third kappa shape index (κ3) is 139. The number of carbonyl (C=O) groups is 8. The second-order valence-corrected chi connectivity index (χ2v) is 46.8. The van der Waals surface area contributed by atoms with Crippen molar-refractivity contribution in [3.8, 4) is 0 Å². The van der Waals surface area contributed by atoms with E-state index in [4.69, 9.17) is 9.47 Å². The average Bonchev–Trinajstić information content (AvgIpc) is 0.917. The molecule has 11 N–H and O–H groups in total. The molecule has 3 aliphatic rings. The summed E-state index contributed by atoms with van der Waals surface area (Å²) >= 11 is 0. The van der Waals surface area contributed by atoms with Crippen molar-refractivity contribution in [2.75, 3.05) is 284 Å². The van der Waals surface area contributed by atoms with Gasteiger partial charge in [-0.05, 0) is 250 Å². The first-order valence-electron chi connectivity index (χ1n) is 55.7. The molecule has 8 amide bonds. The van der Waals surface area contributed by atoms with Crippen molar-refractivity contribution in [3.63, 3.8) is 0 Å². The van der Waals surface area contributed by atoms with Crippen LogP contribution in [0.1, 0.15) is 316 Å². The largest absolute Gasteiger partial charge is 0.379 e. The molecular formula is C112H246N20O10. The van der Waals surface area contributed by atoms with Crippen LogP contribution in [0.4, 0.5) is 0 Å². The van der Waals surface area contributed by atoms with E-state index in [1.165, 1.54) is 65.0 Å². The van der Waals surface area contributed by atoms with Gasteiger partial charge in [0.25, 0.3) is 0 Å². The van der Waals surface area contributed by atoms with Crippen LogP contribution in [0.3, 0.4) is 0 Å². The van der Waals surface area contributed by atoms with Crippen molar-refractivity contribution in [3.05, 3.63) is 0 Å². The van der Waals surface area contributed by atoms with Crippen LogP contribution in [0, 0.1) is 76.4 Å². The third-order valence-corrected chi connectivity index (χ3v) is 20.3. The summed E-state index contributed by atoms with van der Waals surface area (Å²) < 4.78 is 10.6. The zero-order valence-electron chi connectivity index (χ0n) is 102. The molecule has 0 aromatic rings. The van der Waals surface area contributed by atoms with Crippen molar-refractivity contribution < 1.29 is 47.8 Å². The first kappa shape index (κ1) is 155. The van der Waals surface area contributed by atoms with Crippen LogP contribution in [0.15, 0.2) is 0 Å². The van der Waals surface area contributed by atoms with E-state index in [-0.39, 0.29) is 70.4 Å². The molecule has 0 aromatic carbocycles. The zero-order chi connectivity index (χ0) is 112. The molecule has 3 fully saturated rings. The number of carbonyl (C=O) groups excluding carboxylic acids is 8. The third-order valence-electron chi connectivity index (χ3n) is 20.3. The van der Waals surface area contributed by atoms with Gasteiger partial charge in [-0.1, -0.05) is 249 Å². The van der Waals surface area contributed by atoms with Crippen molar-refractivity contribution in [2.24, 2.45) is 76.4 Å². The van der Waals surface area contributed by atoms with Gasteiger partial charge in [0.15, 0.2) is 0 Å². The maximum absolute atomic E-state index is 11.7. The molecule has 3 saturated heterocycles. The quantitative estimate of drug-likeness (QED) is 0.0252. The highest BCUT2D eigenvalue weighted by molar-refractivity contribution is 5.80. The van der Waals surface area contributed by atoms with Crippen molar-refractivity contribution in [2.45, 2.75) is 327 Å². The van der Waals surface area contributed by atoms with Crippen LogP contribution >= 0.6 is 0 Å². The number of nitrogens with one attached hydrogen (secondary N) is 11. The minimum absolute atomic E-state index is 0.00910. The topological polar surface area (TPSA) is 317 Å². The molecule has 0 unspecified atom stereocenters. The van der Waals surface area contributed by atoms with Gasteiger partial charge in [-0.2, -0.15) is 0 Å². The lowest BCUT2D eigenvalue weighted by Gasteiger charge is -2.29. The summed E-state index contributed by atoms with van der Waals surface area (Å²) in [6, 6.07) is 0. The van der Waals surface area contributed by atoms with E-state index in [9.17, 15) is 38.4 Å². The lowest BCUT2D eigenvalue weighted by molar-refractivity contribution is -0.131. The van der Waals surface area contributed by atoms with Gasteiger partial charge in [0.2, 0.25) is 47.3 Å². The second kappa shape index (κ2) is 101. The summed E-state index contributed by atoms with van der Waals surface area (Å²) in [6.07, 6.45) is 6.11. The Hall–Kier alpha value is -4.80. The summed E-state index contributed by atoms with van der Waals surface area (Å²) in [5.41, 5.74) is -0.134. The first-order chi connectivity index (χ1) is 65.8. The number of hydrogen-bond donors (Lipinski definition) is 11. The van der Waals surface area contributed by atoms with Gasteiger partial charge < -0.3 is 87.6 Å². The zero-order valence-corrected chi connectivity index (χ0v) is 102. The summed E-state index contributed by atoms with van der Waals surface area (Å²) in [5, 5.41) is 33.6. The normalized spacial score (nSPS) is 13.3. The first-order valence-corrected chi connectivity index (χ1v) is 55.7. The number of morpholine rings is 1. The Morgan fingerprint density at radius 1 is 0.338 bits per heavy atom. The van der Waals surface area contributed by atoms with Gasteiger partial charge in [0.1, 0.15) is 6.61 Å². The fraction of sp³-hybridized carbons (Fsp3) is 0.929. The Balaban J connectivity index is -0.000000195. The van der Waals surface area contributed by atoms with Crippen LogP contribution in [0.5, 0.6) is 0 Å². The minimum Gasteiger partial charge on any atom is -0.379 e. The average molecular weight is 2030 g/mol. The predicted molar refractivity (Wildman–Crippen MR) is 612 cm³/mol. The van der Waals surface area contributed by atoms with E-state index >= 15 is 0 Å². The smallest absolute Gasteiger partial charge is 0.246 e. The van der Waals surface area contributed by atoms with Gasteiger partial charge in [-0.25, -0.2) is 0 Å². The molecule has 30 heteroatoms. The Morgan fingerprint density at radius 2 is 0.662 bits per heavy atom. The summed E-state index contributed by atoms with van der Waals surface area (Å²) in [6.45, 7) is 122. The summed E-state index contributed by atoms with van der Waals surface area (Å²) in [4.78, 5) is 110. The molecular weight excluding hydrogens is 1790 g/mol. The molecule has 0 saturated carbocycles. The van der Waals surface area contributed by atoms with E-state index < -0.39 is 0 Å². The molecule has 0 aliphatic carbocycles. The molecule has 0 spiro atoms. The van der Waals surface area contributed by atoms with Crippen molar-refractivity contribution >= 4 is 47.3 Å². The molecule has 0 aromatic heterocycles. The van der Waals surface area contributed by atoms with Gasteiger partial charge >= 0.3 is 0 Å². The van der Waals surface area contributed by atoms with Crippen molar-refractivity contribution in [1.29, 1.82) is 0 Å². The van der Waals surface area contributed by atoms with Gasteiger partial charge in [-0.3, -0.25) is 62.9 Å². The van der Waals surface area contributed by atoms with Crippen LogP contribution in [0.25, 0.3) is 0 Å². The summed E-state index contributed by atoms with van der Waals surface area (Å²) in [7, 11) is 7.59. The van der Waals surface area contributed by atoms with Crippen LogP contribution < -0.4 is 58.5 Å². The van der Waals surface area contributed by atoms with E-state index in [1.54, 1.807) is 0 Å². The van der Waals surface area contributed by atoms with E-state index in [0.29, 0.717) is 99.6 Å². The molecule has 30 nitrogen and oxygen atoms in total. The molecule has 0 atom stereocenters. The van der Waals surface area contributed by atoms with Gasteiger partial charge in [-0.15, -0.1) is 0 Å². The Morgan fingerprint density at radius 3 is 0.986 bits per heavy atom. The Bertz CT molecular complexity index is 2730.